The van der Waals surface area contributed by atoms with Crippen molar-refractivity contribution in [3.63, 3.8) is 0 Å². The number of hydrogen-bond acceptors (Lipinski definition) is 4. The molecular formula is C15H21N5O. The number of nitrogens with zero attached hydrogens (tertiary/aromatic N) is 3. The molecule has 0 spiro atoms. The average molecular weight is 287 g/mol. The molecule has 112 valence electrons. The van der Waals surface area contributed by atoms with E-state index >= 15 is 0 Å². The molecule has 6 nitrogen and oxygen atoms in total. The number of amides is 1. The van der Waals surface area contributed by atoms with E-state index in [1.54, 1.807) is 12.4 Å². The Balaban J connectivity index is 1.71. The van der Waals surface area contributed by atoms with Crippen LogP contribution in [0.25, 0.3) is 0 Å². The van der Waals surface area contributed by atoms with Gasteiger partial charge in [-0.1, -0.05) is 6.07 Å². The first-order chi connectivity index (χ1) is 10.2. The van der Waals surface area contributed by atoms with Crippen LogP contribution in [0.5, 0.6) is 0 Å². The highest BCUT2D eigenvalue weighted by molar-refractivity contribution is 5.77. The van der Waals surface area contributed by atoms with Crippen LogP contribution in [0.4, 0.5) is 0 Å². The Hall–Kier alpha value is -2.21. The monoisotopic (exact) mass is 287 g/mol. The average Bonchev–Trinajstić information content (AvgIpc) is 3.05. The van der Waals surface area contributed by atoms with Crippen LogP contribution in [0.2, 0.25) is 0 Å². The van der Waals surface area contributed by atoms with E-state index in [1.165, 1.54) is 0 Å². The molecule has 0 unspecified atom stereocenters. The summed E-state index contributed by atoms with van der Waals surface area (Å²) in [6.07, 6.45) is 5.39. The van der Waals surface area contributed by atoms with Crippen molar-refractivity contribution >= 4 is 5.91 Å². The SMILES string of the molecule is C[C@H]([C@@H](C)NCC(=O)NCc1ccccn1)n1cccn1. The van der Waals surface area contributed by atoms with Gasteiger partial charge in [-0.15, -0.1) is 0 Å². The van der Waals surface area contributed by atoms with E-state index in [-0.39, 0.29) is 24.5 Å². The van der Waals surface area contributed by atoms with Gasteiger partial charge in [0.05, 0.1) is 24.8 Å². The highest BCUT2D eigenvalue weighted by Crippen LogP contribution is 2.08. The topological polar surface area (TPSA) is 71.8 Å². The van der Waals surface area contributed by atoms with E-state index in [4.69, 9.17) is 0 Å². The number of carbonyl (C=O) groups excluding carboxylic acids is 1. The number of aromatic nitrogens is 3. The zero-order chi connectivity index (χ0) is 15.1. The number of rotatable bonds is 7. The van der Waals surface area contributed by atoms with Crippen molar-refractivity contribution < 1.29 is 4.79 Å². The molecule has 2 N–H and O–H groups in total. The fourth-order valence-electron chi connectivity index (χ4n) is 1.93. The van der Waals surface area contributed by atoms with Gasteiger partial charge in [0, 0.05) is 24.6 Å². The van der Waals surface area contributed by atoms with Crippen molar-refractivity contribution in [1.29, 1.82) is 0 Å². The molecule has 1 amide bonds. The van der Waals surface area contributed by atoms with Crippen LogP contribution in [0, 0.1) is 0 Å². The molecule has 0 aliphatic rings. The highest BCUT2D eigenvalue weighted by atomic mass is 16.1. The normalized spacial score (nSPS) is 13.6. The molecule has 2 aromatic heterocycles. The highest BCUT2D eigenvalue weighted by Gasteiger charge is 2.14. The van der Waals surface area contributed by atoms with Crippen LogP contribution >= 0.6 is 0 Å². The molecule has 2 rings (SSSR count). The number of pyridine rings is 1. The Kier molecular flexibility index (Phi) is 5.45. The van der Waals surface area contributed by atoms with Gasteiger partial charge < -0.3 is 10.6 Å². The molecular weight excluding hydrogens is 266 g/mol. The van der Waals surface area contributed by atoms with E-state index in [9.17, 15) is 4.79 Å². The molecule has 2 heterocycles. The summed E-state index contributed by atoms with van der Waals surface area (Å²) in [6.45, 7) is 4.83. The van der Waals surface area contributed by atoms with Gasteiger partial charge in [-0.2, -0.15) is 5.10 Å². The quantitative estimate of drug-likeness (QED) is 0.801. The molecule has 6 heteroatoms. The molecule has 21 heavy (non-hydrogen) atoms. The lowest BCUT2D eigenvalue weighted by molar-refractivity contribution is -0.120. The summed E-state index contributed by atoms with van der Waals surface area (Å²) in [4.78, 5) is 16.0. The van der Waals surface area contributed by atoms with E-state index in [0.717, 1.165) is 5.69 Å². The summed E-state index contributed by atoms with van der Waals surface area (Å²) < 4.78 is 1.88. The summed E-state index contributed by atoms with van der Waals surface area (Å²) in [7, 11) is 0. The zero-order valence-electron chi connectivity index (χ0n) is 12.4. The maximum Gasteiger partial charge on any atom is 0.234 e. The standard InChI is InChI=1S/C15H21N5O/c1-12(13(2)20-9-5-8-19-20)17-11-15(21)18-10-14-6-3-4-7-16-14/h3-9,12-13,17H,10-11H2,1-2H3,(H,18,21)/t12-,13-/m1/s1. The fourth-order valence-corrected chi connectivity index (χ4v) is 1.93. The molecule has 0 fully saturated rings. The predicted octanol–water partition coefficient (Wildman–Crippen LogP) is 1.13. The molecule has 0 aliphatic carbocycles. The van der Waals surface area contributed by atoms with Crippen molar-refractivity contribution in [1.82, 2.24) is 25.4 Å². The van der Waals surface area contributed by atoms with Crippen molar-refractivity contribution in [2.75, 3.05) is 6.54 Å². The van der Waals surface area contributed by atoms with Crippen LogP contribution < -0.4 is 10.6 Å². The lowest BCUT2D eigenvalue weighted by Crippen LogP contribution is -2.41. The number of hydrogen-bond donors (Lipinski definition) is 2. The first-order valence-electron chi connectivity index (χ1n) is 7.06. The van der Waals surface area contributed by atoms with E-state index < -0.39 is 0 Å². The molecule has 2 aromatic rings. The first kappa shape index (κ1) is 15.2. The minimum absolute atomic E-state index is 0.0415. The van der Waals surface area contributed by atoms with Crippen molar-refractivity contribution in [3.8, 4) is 0 Å². The summed E-state index contributed by atoms with van der Waals surface area (Å²) in [5.74, 6) is -0.0415. The van der Waals surface area contributed by atoms with E-state index in [2.05, 4.69) is 27.6 Å². The smallest absolute Gasteiger partial charge is 0.234 e. The maximum atomic E-state index is 11.8. The van der Waals surface area contributed by atoms with E-state index in [0.29, 0.717) is 6.54 Å². The Morgan fingerprint density at radius 2 is 2.14 bits per heavy atom. The molecule has 0 saturated heterocycles. The zero-order valence-corrected chi connectivity index (χ0v) is 12.4. The Labute approximate surface area is 124 Å². The van der Waals surface area contributed by atoms with Gasteiger partial charge in [0.1, 0.15) is 0 Å². The van der Waals surface area contributed by atoms with Crippen molar-refractivity contribution in [3.05, 3.63) is 48.5 Å². The third-order valence-electron chi connectivity index (χ3n) is 3.44. The third-order valence-corrected chi connectivity index (χ3v) is 3.44. The number of carbonyl (C=O) groups is 1. The maximum absolute atomic E-state index is 11.8. The van der Waals surface area contributed by atoms with Crippen LogP contribution in [0.1, 0.15) is 25.6 Å². The largest absolute Gasteiger partial charge is 0.349 e. The second kappa shape index (κ2) is 7.54. The van der Waals surface area contributed by atoms with Crippen molar-refractivity contribution in [2.24, 2.45) is 0 Å². The number of nitrogens with one attached hydrogen (secondary N) is 2. The molecule has 0 aromatic carbocycles. The molecule has 0 saturated carbocycles. The molecule has 0 radical (unpaired) electrons. The van der Waals surface area contributed by atoms with Crippen LogP contribution in [0.15, 0.2) is 42.9 Å². The molecule has 0 aliphatic heterocycles. The Morgan fingerprint density at radius 3 is 2.81 bits per heavy atom. The third kappa shape index (κ3) is 4.68. The van der Waals surface area contributed by atoms with E-state index in [1.807, 2.05) is 42.1 Å². The minimum atomic E-state index is -0.0415. The summed E-state index contributed by atoms with van der Waals surface area (Å²) in [5, 5.41) is 10.3. The Morgan fingerprint density at radius 1 is 1.29 bits per heavy atom. The van der Waals surface area contributed by atoms with Gasteiger partial charge in [-0.05, 0) is 32.0 Å². The predicted molar refractivity (Wildman–Crippen MR) is 80.5 cm³/mol. The summed E-state index contributed by atoms with van der Waals surface area (Å²) in [6, 6.07) is 7.86. The molecule has 2 atom stereocenters. The van der Waals surface area contributed by atoms with Gasteiger partial charge in [0.15, 0.2) is 0 Å². The lowest BCUT2D eigenvalue weighted by Gasteiger charge is -2.21. The summed E-state index contributed by atoms with van der Waals surface area (Å²) >= 11 is 0. The Bertz CT molecular complexity index is 540. The van der Waals surface area contributed by atoms with Crippen LogP contribution in [-0.4, -0.2) is 33.3 Å². The lowest BCUT2D eigenvalue weighted by atomic mass is 10.2. The van der Waals surface area contributed by atoms with Gasteiger partial charge in [-0.25, -0.2) is 0 Å². The van der Waals surface area contributed by atoms with Crippen LogP contribution in [0.3, 0.4) is 0 Å². The van der Waals surface area contributed by atoms with Crippen molar-refractivity contribution in [2.45, 2.75) is 32.5 Å². The minimum Gasteiger partial charge on any atom is -0.349 e. The summed E-state index contributed by atoms with van der Waals surface area (Å²) in [5.41, 5.74) is 0.851. The van der Waals surface area contributed by atoms with Gasteiger partial charge in [0.2, 0.25) is 5.91 Å². The van der Waals surface area contributed by atoms with Gasteiger partial charge >= 0.3 is 0 Å². The first-order valence-corrected chi connectivity index (χ1v) is 7.06. The van der Waals surface area contributed by atoms with Gasteiger partial charge in [0.25, 0.3) is 0 Å². The second-order valence-corrected chi connectivity index (χ2v) is 4.99. The molecule has 0 bridgehead atoms. The van der Waals surface area contributed by atoms with Crippen LogP contribution in [-0.2, 0) is 11.3 Å². The fraction of sp³-hybridized carbons (Fsp3) is 0.400. The van der Waals surface area contributed by atoms with Gasteiger partial charge in [-0.3, -0.25) is 14.5 Å². The second-order valence-electron chi connectivity index (χ2n) is 4.99.